The third kappa shape index (κ3) is 4.77. The molecule has 0 saturated heterocycles. The summed E-state index contributed by atoms with van der Waals surface area (Å²) in [6.45, 7) is 6.03. The second-order valence-corrected chi connectivity index (χ2v) is 6.47. The molecule has 118 valence electrons. The highest BCUT2D eigenvalue weighted by Gasteiger charge is 2.11. The molecule has 0 bridgehead atoms. The molecule has 0 spiro atoms. The third-order valence-electron chi connectivity index (χ3n) is 3.30. The third-order valence-corrected chi connectivity index (χ3v) is 4.36. The van der Waals surface area contributed by atoms with Gasteiger partial charge in [-0.1, -0.05) is 6.92 Å². The molecule has 1 unspecified atom stereocenters. The number of anilines is 2. The lowest BCUT2D eigenvalue weighted by Gasteiger charge is -2.17. The Bertz CT molecular complexity index is 628. The highest BCUT2D eigenvalue weighted by atomic mass is 32.1. The molecule has 1 amide bonds. The topological polar surface area (TPSA) is 79.8 Å². The number of aryl methyl sites for hydroxylation is 3. The lowest BCUT2D eigenvalue weighted by Crippen LogP contribution is -2.21. The minimum absolute atomic E-state index is 0.272. The second kappa shape index (κ2) is 7.84. The normalized spacial score (nSPS) is 12.0. The first kappa shape index (κ1) is 16.4. The van der Waals surface area contributed by atoms with E-state index < -0.39 is 0 Å². The summed E-state index contributed by atoms with van der Waals surface area (Å²) in [4.78, 5) is 25.8. The Morgan fingerprint density at radius 3 is 2.64 bits per heavy atom. The number of aromatic nitrogens is 3. The van der Waals surface area contributed by atoms with Gasteiger partial charge in [0.2, 0.25) is 18.3 Å². The van der Waals surface area contributed by atoms with Gasteiger partial charge in [-0.2, -0.15) is 15.0 Å². The van der Waals surface area contributed by atoms with Crippen LogP contribution in [0.2, 0.25) is 0 Å². The summed E-state index contributed by atoms with van der Waals surface area (Å²) in [5, 5.41) is 5.79. The van der Waals surface area contributed by atoms with Crippen molar-refractivity contribution in [2.45, 2.75) is 46.1 Å². The van der Waals surface area contributed by atoms with E-state index in [-0.39, 0.29) is 12.0 Å². The molecule has 1 atom stereocenters. The predicted octanol–water partition coefficient (Wildman–Crippen LogP) is 2.94. The molecular weight excluding hydrogens is 298 g/mol. The Kier molecular flexibility index (Phi) is 5.83. The number of rotatable bonds is 8. The Hall–Kier alpha value is -2.02. The Balaban J connectivity index is 1.98. The fourth-order valence-electron chi connectivity index (χ4n) is 2.16. The molecule has 2 heterocycles. The van der Waals surface area contributed by atoms with Gasteiger partial charge in [0.25, 0.3) is 0 Å². The van der Waals surface area contributed by atoms with Crippen LogP contribution in [0.25, 0.3) is 0 Å². The smallest absolute Gasteiger partial charge is 0.234 e. The largest absolute Gasteiger partial charge is 0.351 e. The number of hydrogen-bond acceptors (Lipinski definition) is 6. The maximum atomic E-state index is 10.5. The molecule has 2 N–H and O–H groups in total. The Labute approximate surface area is 134 Å². The second-order valence-electron chi connectivity index (χ2n) is 5.09. The summed E-state index contributed by atoms with van der Waals surface area (Å²) in [6.07, 6.45) is 3.59. The van der Waals surface area contributed by atoms with Gasteiger partial charge in [-0.3, -0.25) is 10.1 Å². The molecule has 0 radical (unpaired) electrons. The van der Waals surface area contributed by atoms with Gasteiger partial charge in [0.15, 0.2) is 0 Å². The van der Waals surface area contributed by atoms with Gasteiger partial charge in [0.05, 0.1) is 0 Å². The van der Waals surface area contributed by atoms with Crippen molar-refractivity contribution in [3.05, 3.63) is 27.7 Å². The molecule has 0 saturated carbocycles. The maximum Gasteiger partial charge on any atom is 0.234 e. The quantitative estimate of drug-likeness (QED) is 0.731. The molecule has 0 fully saturated rings. The van der Waals surface area contributed by atoms with Gasteiger partial charge < -0.3 is 5.32 Å². The van der Waals surface area contributed by atoms with Crippen LogP contribution >= 0.6 is 11.3 Å². The monoisotopic (exact) mass is 319 g/mol. The van der Waals surface area contributed by atoms with Crippen molar-refractivity contribution in [2.24, 2.45) is 0 Å². The standard InChI is InChI=1S/C15H21N5OS/c1-4-12(6-8-13-7-5-10(2)22-13)19-15-18-11(3)17-14(20-15)16-9-21/h5,7,9,12H,4,6,8H2,1-3H3,(H2,16,17,18,19,20,21). The van der Waals surface area contributed by atoms with Gasteiger partial charge in [0.1, 0.15) is 5.82 Å². The minimum Gasteiger partial charge on any atom is -0.351 e. The molecule has 22 heavy (non-hydrogen) atoms. The van der Waals surface area contributed by atoms with E-state index in [9.17, 15) is 4.79 Å². The summed E-state index contributed by atoms with van der Waals surface area (Å²) in [5.41, 5.74) is 0. The van der Waals surface area contributed by atoms with E-state index >= 15 is 0 Å². The predicted molar refractivity (Wildman–Crippen MR) is 89.3 cm³/mol. The van der Waals surface area contributed by atoms with Gasteiger partial charge in [-0.25, -0.2) is 0 Å². The van der Waals surface area contributed by atoms with Crippen LogP contribution in [-0.2, 0) is 11.2 Å². The average molecular weight is 319 g/mol. The highest BCUT2D eigenvalue weighted by Crippen LogP contribution is 2.19. The number of thiophene rings is 1. The van der Waals surface area contributed by atoms with E-state index in [1.54, 1.807) is 6.92 Å². The number of amides is 1. The molecule has 0 aromatic carbocycles. The number of carbonyl (C=O) groups is 1. The number of nitrogens with one attached hydrogen (secondary N) is 2. The van der Waals surface area contributed by atoms with Crippen molar-refractivity contribution in [1.29, 1.82) is 0 Å². The van der Waals surface area contributed by atoms with Crippen LogP contribution in [0.1, 0.15) is 35.3 Å². The van der Waals surface area contributed by atoms with Crippen LogP contribution in [0.4, 0.5) is 11.9 Å². The summed E-state index contributed by atoms with van der Waals surface area (Å²) in [7, 11) is 0. The summed E-state index contributed by atoms with van der Waals surface area (Å²) >= 11 is 1.84. The van der Waals surface area contributed by atoms with Crippen LogP contribution < -0.4 is 10.6 Å². The van der Waals surface area contributed by atoms with E-state index in [0.29, 0.717) is 18.2 Å². The van der Waals surface area contributed by atoms with Gasteiger partial charge >= 0.3 is 0 Å². The van der Waals surface area contributed by atoms with Crippen molar-refractivity contribution < 1.29 is 4.79 Å². The fraction of sp³-hybridized carbons (Fsp3) is 0.467. The van der Waals surface area contributed by atoms with Crippen molar-refractivity contribution in [2.75, 3.05) is 10.6 Å². The summed E-state index contributed by atoms with van der Waals surface area (Å²) in [6, 6.07) is 4.63. The van der Waals surface area contributed by atoms with Crippen molar-refractivity contribution >= 4 is 29.6 Å². The van der Waals surface area contributed by atoms with Crippen LogP contribution in [-0.4, -0.2) is 27.4 Å². The zero-order chi connectivity index (χ0) is 15.9. The highest BCUT2D eigenvalue weighted by molar-refractivity contribution is 7.11. The van der Waals surface area contributed by atoms with Gasteiger partial charge in [-0.15, -0.1) is 11.3 Å². The zero-order valence-corrected chi connectivity index (χ0v) is 13.9. The van der Waals surface area contributed by atoms with Gasteiger partial charge in [0, 0.05) is 15.8 Å². The lowest BCUT2D eigenvalue weighted by atomic mass is 10.1. The number of carbonyl (C=O) groups excluding carboxylic acids is 1. The van der Waals surface area contributed by atoms with E-state index in [1.165, 1.54) is 9.75 Å². The van der Waals surface area contributed by atoms with Gasteiger partial charge in [-0.05, 0) is 45.2 Å². The Morgan fingerprint density at radius 1 is 1.23 bits per heavy atom. The molecule has 7 heteroatoms. The Morgan fingerprint density at radius 2 is 2.00 bits per heavy atom. The van der Waals surface area contributed by atoms with E-state index in [0.717, 1.165) is 19.3 Å². The van der Waals surface area contributed by atoms with Crippen molar-refractivity contribution in [3.8, 4) is 0 Å². The molecule has 6 nitrogen and oxygen atoms in total. The number of nitrogens with zero attached hydrogens (tertiary/aromatic N) is 3. The number of hydrogen-bond donors (Lipinski definition) is 2. The summed E-state index contributed by atoms with van der Waals surface area (Å²) < 4.78 is 0. The van der Waals surface area contributed by atoms with Crippen LogP contribution in [0.15, 0.2) is 12.1 Å². The molecule has 2 aromatic heterocycles. The fourth-order valence-corrected chi connectivity index (χ4v) is 3.07. The van der Waals surface area contributed by atoms with Crippen LogP contribution in [0.3, 0.4) is 0 Å². The summed E-state index contributed by atoms with van der Waals surface area (Å²) in [5.74, 6) is 1.35. The van der Waals surface area contributed by atoms with E-state index in [1.807, 2.05) is 11.3 Å². The van der Waals surface area contributed by atoms with Crippen LogP contribution in [0, 0.1) is 13.8 Å². The SMILES string of the molecule is CCC(CCc1ccc(C)s1)Nc1nc(C)nc(NC=O)n1. The average Bonchev–Trinajstić information content (AvgIpc) is 2.89. The van der Waals surface area contributed by atoms with E-state index in [2.05, 4.69) is 51.6 Å². The lowest BCUT2D eigenvalue weighted by molar-refractivity contribution is -0.105. The zero-order valence-electron chi connectivity index (χ0n) is 13.1. The molecule has 2 rings (SSSR count). The van der Waals surface area contributed by atoms with Crippen molar-refractivity contribution in [1.82, 2.24) is 15.0 Å². The minimum atomic E-state index is 0.272. The van der Waals surface area contributed by atoms with Crippen LogP contribution in [0.5, 0.6) is 0 Å². The van der Waals surface area contributed by atoms with Crippen molar-refractivity contribution in [3.63, 3.8) is 0 Å². The molecule has 0 aliphatic carbocycles. The van der Waals surface area contributed by atoms with E-state index in [4.69, 9.17) is 0 Å². The molecule has 2 aromatic rings. The first-order chi connectivity index (χ1) is 10.6. The first-order valence-corrected chi connectivity index (χ1v) is 8.17. The molecule has 0 aliphatic rings. The molecular formula is C15H21N5OS. The maximum absolute atomic E-state index is 10.5. The molecule has 0 aliphatic heterocycles. The first-order valence-electron chi connectivity index (χ1n) is 7.35.